The Morgan fingerprint density at radius 3 is 2.17 bits per heavy atom. The van der Waals surface area contributed by atoms with Crippen molar-refractivity contribution in [2.45, 2.75) is 32.6 Å². The molecule has 1 aliphatic rings. The summed E-state index contributed by atoms with van der Waals surface area (Å²) in [4.78, 5) is 18.6. The molecule has 1 saturated carbocycles. The molecule has 0 aromatic carbocycles. The summed E-state index contributed by atoms with van der Waals surface area (Å²) >= 11 is 5.37. The second-order valence-corrected chi connectivity index (χ2v) is 5.38. The van der Waals surface area contributed by atoms with Crippen LogP contribution < -0.4 is 0 Å². The molecule has 0 N–H and O–H groups in total. The molecule has 0 aliphatic heterocycles. The molecule has 0 aromatic heterocycles. The molecule has 0 spiro atoms. The van der Waals surface area contributed by atoms with Crippen LogP contribution in [-0.2, 0) is 9.53 Å². The van der Waals surface area contributed by atoms with Gasteiger partial charge in [-0.25, -0.2) is 4.99 Å². The van der Waals surface area contributed by atoms with Crippen molar-refractivity contribution < 1.29 is 9.53 Å². The maximum Gasteiger partial charge on any atom is 0.308 e. The lowest BCUT2D eigenvalue weighted by Crippen LogP contribution is -2.27. The van der Waals surface area contributed by atoms with Gasteiger partial charge in [-0.2, -0.15) is 0 Å². The Morgan fingerprint density at radius 1 is 1.22 bits per heavy atom. The molecule has 0 amide bonds. The van der Waals surface area contributed by atoms with Gasteiger partial charge in [0, 0.05) is 20.0 Å². The van der Waals surface area contributed by atoms with Gasteiger partial charge in [0.05, 0.1) is 13.0 Å². The molecule has 0 aromatic rings. The Kier molecular flexibility index (Phi) is 5.72. The maximum atomic E-state index is 11.4. The zero-order valence-corrected chi connectivity index (χ0v) is 12.4. The van der Waals surface area contributed by atoms with Crippen molar-refractivity contribution >= 4 is 29.0 Å². The van der Waals surface area contributed by atoms with Crippen LogP contribution in [0.4, 0.5) is 0 Å². The summed E-state index contributed by atoms with van der Waals surface area (Å²) < 4.78 is 4.78. The van der Waals surface area contributed by atoms with Gasteiger partial charge in [0.25, 0.3) is 0 Å². The fraction of sp³-hybridized carbons (Fsp3) is 0.769. The van der Waals surface area contributed by atoms with Crippen molar-refractivity contribution in [1.29, 1.82) is 0 Å². The lowest BCUT2D eigenvalue weighted by Gasteiger charge is -2.26. The monoisotopic (exact) mass is 270 g/mol. The smallest absolute Gasteiger partial charge is 0.308 e. The molecule has 1 rings (SSSR count). The lowest BCUT2D eigenvalue weighted by molar-refractivity contribution is -0.146. The second-order valence-electron chi connectivity index (χ2n) is 4.96. The number of methoxy groups -OCH3 is 1. The van der Waals surface area contributed by atoms with Crippen molar-refractivity contribution in [3.05, 3.63) is 0 Å². The maximum absolute atomic E-state index is 11.4. The molecule has 1 fully saturated rings. The summed E-state index contributed by atoms with van der Waals surface area (Å²) in [7, 11) is 5.36. The summed E-state index contributed by atoms with van der Waals surface area (Å²) in [5.41, 5.74) is 0. The predicted octanol–water partition coefficient (Wildman–Crippen LogP) is 2.27. The van der Waals surface area contributed by atoms with E-state index in [-0.39, 0.29) is 11.9 Å². The summed E-state index contributed by atoms with van der Waals surface area (Å²) in [5.74, 6) is 1.21. The number of carbonyl (C=O) groups excluding carboxylic acids is 1. The first kappa shape index (κ1) is 15.1. The molecule has 0 heterocycles. The third kappa shape index (κ3) is 4.05. The first-order valence-electron chi connectivity index (χ1n) is 6.30. The quantitative estimate of drug-likeness (QED) is 0.334. The highest BCUT2D eigenvalue weighted by Gasteiger charge is 2.28. The highest BCUT2D eigenvalue weighted by Crippen LogP contribution is 2.30. The zero-order valence-electron chi connectivity index (χ0n) is 11.6. The number of esters is 1. The average molecular weight is 270 g/mol. The van der Waals surface area contributed by atoms with Crippen molar-refractivity contribution in [3.8, 4) is 0 Å². The molecule has 0 saturated heterocycles. The van der Waals surface area contributed by atoms with Crippen LogP contribution in [0.2, 0.25) is 0 Å². The molecule has 0 atom stereocenters. The Hall–Kier alpha value is -0.970. The van der Waals surface area contributed by atoms with E-state index in [1.807, 2.05) is 25.9 Å². The van der Waals surface area contributed by atoms with Crippen molar-refractivity contribution in [1.82, 2.24) is 4.90 Å². The predicted molar refractivity (Wildman–Crippen MR) is 76.9 cm³/mol. The van der Waals surface area contributed by atoms with Gasteiger partial charge in [-0.15, -0.1) is 0 Å². The van der Waals surface area contributed by atoms with E-state index in [9.17, 15) is 4.79 Å². The van der Waals surface area contributed by atoms with Crippen LogP contribution in [0.5, 0.6) is 0 Å². The molecule has 1 aliphatic carbocycles. The number of thiocarbonyl (C=S) groups is 1. The zero-order chi connectivity index (χ0) is 13.7. The van der Waals surface area contributed by atoms with E-state index in [4.69, 9.17) is 17.0 Å². The molecule has 102 valence electrons. The van der Waals surface area contributed by atoms with E-state index >= 15 is 0 Å². The molecule has 0 bridgehead atoms. The van der Waals surface area contributed by atoms with Gasteiger partial charge in [0.2, 0.25) is 0 Å². The topological polar surface area (TPSA) is 41.9 Å². The van der Waals surface area contributed by atoms with Crippen LogP contribution in [0.25, 0.3) is 0 Å². The number of nitrogens with zero attached hydrogens (tertiary/aromatic N) is 2. The van der Waals surface area contributed by atoms with Crippen LogP contribution in [0.15, 0.2) is 4.99 Å². The minimum Gasteiger partial charge on any atom is -0.469 e. The summed E-state index contributed by atoms with van der Waals surface area (Å²) in [6.07, 6.45) is 3.58. The van der Waals surface area contributed by atoms with Crippen LogP contribution in [-0.4, -0.2) is 42.9 Å². The number of hydrogen-bond donors (Lipinski definition) is 0. The Balaban J connectivity index is 2.51. The normalized spacial score (nSPS) is 24.6. The van der Waals surface area contributed by atoms with Gasteiger partial charge < -0.3 is 9.64 Å². The van der Waals surface area contributed by atoms with Crippen LogP contribution in [0.1, 0.15) is 32.6 Å². The van der Waals surface area contributed by atoms with Crippen molar-refractivity contribution in [3.63, 3.8) is 0 Å². The summed E-state index contributed by atoms with van der Waals surface area (Å²) in [6, 6.07) is 0. The molecular formula is C13H22N2O2S. The van der Waals surface area contributed by atoms with Crippen molar-refractivity contribution in [2.24, 2.45) is 16.8 Å². The SMILES string of the molecule is COC(=O)[C@H]1CC[C@H](C(=S)/N=C(/C)N(C)C)CC1. The molecule has 18 heavy (non-hydrogen) atoms. The van der Waals surface area contributed by atoms with E-state index < -0.39 is 0 Å². The van der Waals surface area contributed by atoms with E-state index in [0.717, 1.165) is 36.5 Å². The summed E-state index contributed by atoms with van der Waals surface area (Å²) in [6.45, 7) is 1.95. The van der Waals surface area contributed by atoms with Gasteiger partial charge in [0.1, 0.15) is 10.8 Å². The van der Waals surface area contributed by atoms with E-state index in [2.05, 4.69) is 4.99 Å². The molecular weight excluding hydrogens is 248 g/mol. The van der Waals surface area contributed by atoms with Crippen molar-refractivity contribution in [2.75, 3.05) is 21.2 Å². The van der Waals surface area contributed by atoms with E-state index in [0.29, 0.717) is 5.92 Å². The van der Waals surface area contributed by atoms with Gasteiger partial charge in [-0.05, 0) is 32.6 Å². The average Bonchev–Trinajstić information content (AvgIpc) is 2.37. The Morgan fingerprint density at radius 2 is 1.72 bits per heavy atom. The summed E-state index contributed by atoms with van der Waals surface area (Å²) in [5, 5.41) is 0. The highest BCUT2D eigenvalue weighted by molar-refractivity contribution is 7.80. The minimum absolute atomic E-state index is 0.0491. The third-order valence-corrected chi connectivity index (χ3v) is 3.95. The number of amidine groups is 1. The fourth-order valence-corrected chi connectivity index (χ4v) is 2.46. The van der Waals surface area contributed by atoms with Crippen LogP contribution in [0, 0.1) is 11.8 Å². The first-order chi connectivity index (χ1) is 8.45. The number of hydrogen-bond acceptors (Lipinski definition) is 3. The van der Waals surface area contributed by atoms with Gasteiger partial charge in [0.15, 0.2) is 0 Å². The van der Waals surface area contributed by atoms with E-state index in [1.165, 1.54) is 7.11 Å². The molecule has 0 unspecified atom stereocenters. The minimum atomic E-state index is -0.0904. The number of carbonyl (C=O) groups is 1. The van der Waals surface area contributed by atoms with Crippen LogP contribution in [0.3, 0.4) is 0 Å². The number of ether oxygens (including phenoxy) is 1. The molecule has 5 heteroatoms. The van der Waals surface area contributed by atoms with Gasteiger partial charge in [-0.1, -0.05) is 12.2 Å². The van der Waals surface area contributed by atoms with Crippen LogP contribution >= 0.6 is 12.2 Å². The van der Waals surface area contributed by atoms with Gasteiger partial charge >= 0.3 is 5.97 Å². The highest BCUT2D eigenvalue weighted by atomic mass is 32.1. The fourth-order valence-electron chi connectivity index (χ4n) is 2.09. The van der Waals surface area contributed by atoms with E-state index in [1.54, 1.807) is 0 Å². The first-order valence-corrected chi connectivity index (χ1v) is 6.70. The number of aliphatic imine (C=N–C) groups is 1. The Bertz CT molecular complexity index is 345. The lowest BCUT2D eigenvalue weighted by atomic mass is 9.82. The molecule has 4 nitrogen and oxygen atoms in total. The van der Waals surface area contributed by atoms with Gasteiger partial charge in [-0.3, -0.25) is 4.79 Å². The third-order valence-electron chi connectivity index (χ3n) is 3.53. The standard InChI is InChI=1S/C13H22N2O2S/c1-9(15(2)3)14-12(18)10-5-7-11(8-6-10)13(16)17-4/h10-11H,5-8H2,1-4H3/b14-9-/t10-,11-. The largest absolute Gasteiger partial charge is 0.469 e. The number of rotatable bonds is 2. The Labute approximate surface area is 114 Å². The second kappa shape index (κ2) is 6.83. The molecule has 0 radical (unpaired) electrons.